The van der Waals surface area contributed by atoms with Crippen molar-refractivity contribution in [1.82, 2.24) is 9.97 Å². The van der Waals surface area contributed by atoms with Crippen molar-refractivity contribution in [2.75, 3.05) is 5.75 Å². The van der Waals surface area contributed by atoms with Gasteiger partial charge < -0.3 is 4.98 Å². The number of nitro benzene ring substituents is 1. The van der Waals surface area contributed by atoms with Crippen molar-refractivity contribution in [3.63, 3.8) is 0 Å². The average molecular weight is 368 g/mol. The van der Waals surface area contributed by atoms with Crippen LogP contribution in [0.1, 0.15) is 5.56 Å². The van der Waals surface area contributed by atoms with Crippen molar-refractivity contribution in [2.45, 2.75) is 11.6 Å². The summed E-state index contributed by atoms with van der Waals surface area (Å²) in [7, 11) is 0. The lowest BCUT2D eigenvalue weighted by atomic mass is 10.1. The van der Waals surface area contributed by atoms with E-state index in [4.69, 9.17) is 23.2 Å². The number of fused-ring (bicyclic) bond motifs is 1. The molecule has 1 N–H and O–H groups in total. The summed E-state index contributed by atoms with van der Waals surface area (Å²) in [5.41, 5.74) is 2.65. The number of nitrogens with zero attached hydrogens (tertiary/aromatic N) is 2. The molecule has 0 fully saturated rings. The molecule has 5 nitrogen and oxygen atoms in total. The first-order valence-corrected chi connectivity index (χ1v) is 8.48. The maximum absolute atomic E-state index is 10.6. The normalized spacial score (nSPS) is 11.0. The van der Waals surface area contributed by atoms with Crippen molar-refractivity contribution in [3.8, 4) is 0 Å². The fourth-order valence-corrected chi connectivity index (χ4v) is 3.54. The lowest BCUT2D eigenvalue weighted by molar-refractivity contribution is -0.384. The fourth-order valence-electron chi connectivity index (χ4n) is 2.14. The number of aromatic amines is 1. The predicted molar refractivity (Wildman–Crippen MR) is 93.6 cm³/mol. The number of nitrogens with one attached hydrogen (secondary N) is 1. The number of rotatable bonds is 5. The number of halogens is 2. The second-order valence-corrected chi connectivity index (χ2v) is 6.78. The summed E-state index contributed by atoms with van der Waals surface area (Å²) < 4.78 is 0. The van der Waals surface area contributed by atoms with Crippen LogP contribution in [0.4, 0.5) is 5.69 Å². The van der Waals surface area contributed by atoms with Gasteiger partial charge in [-0.15, -0.1) is 0 Å². The SMILES string of the molecule is O=[N+]([O-])c1ccc(CCSc2nc3c(Cl)cc(Cl)cc3[nH]2)cc1. The smallest absolute Gasteiger partial charge is 0.269 e. The summed E-state index contributed by atoms with van der Waals surface area (Å²) in [6, 6.07) is 10.0. The zero-order valence-electron chi connectivity index (χ0n) is 11.8. The molecule has 3 rings (SSSR count). The molecule has 0 spiro atoms. The molecule has 0 aliphatic heterocycles. The van der Waals surface area contributed by atoms with E-state index in [1.165, 1.54) is 12.1 Å². The molecule has 0 aliphatic rings. The first-order chi connectivity index (χ1) is 11.0. The van der Waals surface area contributed by atoms with Gasteiger partial charge in [0.05, 0.1) is 15.5 Å². The molecule has 0 bridgehead atoms. The number of non-ortho nitro benzene ring substituents is 1. The first kappa shape index (κ1) is 16.1. The number of H-pyrrole nitrogens is 1. The Morgan fingerprint density at radius 3 is 2.65 bits per heavy atom. The third kappa shape index (κ3) is 3.77. The molecule has 0 radical (unpaired) electrons. The average Bonchev–Trinajstić information content (AvgIpc) is 2.91. The van der Waals surface area contributed by atoms with Gasteiger partial charge in [0, 0.05) is 22.9 Å². The maximum Gasteiger partial charge on any atom is 0.269 e. The molecule has 0 unspecified atom stereocenters. The van der Waals surface area contributed by atoms with Crippen LogP contribution in [0.3, 0.4) is 0 Å². The highest BCUT2D eigenvalue weighted by Gasteiger charge is 2.09. The summed E-state index contributed by atoms with van der Waals surface area (Å²) in [6.45, 7) is 0. The zero-order chi connectivity index (χ0) is 16.4. The van der Waals surface area contributed by atoms with Crippen molar-refractivity contribution in [2.24, 2.45) is 0 Å². The summed E-state index contributed by atoms with van der Waals surface area (Å²) in [5.74, 6) is 0.795. The largest absolute Gasteiger partial charge is 0.333 e. The number of hydrogen-bond acceptors (Lipinski definition) is 4. The second-order valence-electron chi connectivity index (χ2n) is 4.85. The topological polar surface area (TPSA) is 71.8 Å². The zero-order valence-corrected chi connectivity index (χ0v) is 14.1. The van der Waals surface area contributed by atoms with Gasteiger partial charge in [-0.05, 0) is 24.1 Å². The molecule has 23 heavy (non-hydrogen) atoms. The van der Waals surface area contributed by atoms with Crippen LogP contribution in [0.5, 0.6) is 0 Å². The molecule has 0 saturated carbocycles. The Labute approximate surface area is 146 Å². The summed E-state index contributed by atoms with van der Waals surface area (Å²) in [6.07, 6.45) is 0.786. The molecule has 0 aliphatic carbocycles. The van der Waals surface area contributed by atoms with Crippen LogP contribution in [-0.2, 0) is 6.42 Å². The minimum Gasteiger partial charge on any atom is -0.333 e. The molecule has 0 amide bonds. The number of nitro groups is 1. The van der Waals surface area contributed by atoms with Gasteiger partial charge in [-0.1, -0.05) is 47.1 Å². The molecule has 8 heteroatoms. The van der Waals surface area contributed by atoms with Gasteiger partial charge >= 0.3 is 0 Å². The standard InChI is InChI=1S/C15H11Cl2N3O2S/c16-10-7-12(17)14-13(8-10)18-15(19-14)23-6-5-9-1-3-11(4-2-9)20(21)22/h1-4,7-8H,5-6H2,(H,18,19). The van der Waals surface area contributed by atoms with Gasteiger partial charge in [-0.3, -0.25) is 10.1 Å². The number of aromatic nitrogens is 2. The van der Waals surface area contributed by atoms with E-state index in [1.54, 1.807) is 36.0 Å². The van der Waals surface area contributed by atoms with E-state index in [0.717, 1.165) is 28.4 Å². The van der Waals surface area contributed by atoms with E-state index in [1.807, 2.05) is 0 Å². The monoisotopic (exact) mass is 367 g/mol. The second kappa shape index (κ2) is 6.78. The Morgan fingerprint density at radius 2 is 1.96 bits per heavy atom. The molecular weight excluding hydrogens is 357 g/mol. The van der Waals surface area contributed by atoms with E-state index in [9.17, 15) is 10.1 Å². The third-order valence-corrected chi connectivity index (χ3v) is 4.64. The van der Waals surface area contributed by atoms with Crippen LogP contribution >= 0.6 is 35.0 Å². The van der Waals surface area contributed by atoms with Crippen LogP contribution in [0, 0.1) is 10.1 Å². The number of benzene rings is 2. The van der Waals surface area contributed by atoms with Crippen molar-refractivity contribution < 1.29 is 4.92 Å². The highest BCUT2D eigenvalue weighted by molar-refractivity contribution is 7.99. The Morgan fingerprint density at radius 1 is 1.22 bits per heavy atom. The lowest BCUT2D eigenvalue weighted by Crippen LogP contribution is -1.91. The van der Waals surface area contributed by atoms with Gasteiger partial charge in [-0.25, -0.2) is 4.98 Å². The highest BCUT2D eigenvalue weighted by Crippen LogP contribution is 2.29. The minimum absolute atomic E-state index is 0.102. The third-order valence-electron chi connectivity index (χ3n) is 3.26. The van der Waals surface area contributed by atoms with Crippen LogP contribution in [0.25, 0.3) is 11.0 Å². The Bertz CT molecular complexity index is 865. The highest BCUT2D eigenvalue weighted by atomic mass is 35.5. The predicted octanol–water partition coefficient (Wildman–Crippen LogP) is 5.11. The molecule has 1 aromatic heterocycles. The summed E-state index contributed by atoms with van der Waals surface area (Å²) >= 11 is 13.6. The molecule has 1 heterocycles. The molecule has 3 aromatic rings. The van der Waals surface area contributed by atoms with Crippen molar-refractivity contribution in [3.05, 3.63) is 62.1 Å². The van der Waals surface area contributed by atoms with E-state index in [0.29, 0.717) is 15.6 Å². The van der Waals surface area contributed by atoms with E-state index in [2.05, 4.69) is 9.97 Å². The molecule has 2 aromatic carbocycles. The quantitative estimate of drug-likeness (QED) is 0.386. The Kier molecular flexibility index (Phi) is 4.75. The number of hydrogen-bond donors (Lipinski definition) is 1. The van der Waals surface area contributed by atoms with Gasteiger partial charge in [0.25, 0.3) is 5.69 Å². The number of thioether (sulfide) groups is 1. The molecule has 0 atom stereocenters. The first-order valence-electron chi connectivity index (χ1n) is 6.74. The molecule has 118 valence electrons. The lowest BCUT2D eigenvalue weighted by Gasteiger charge is -1.99. The van der Waals surface area contributed by atoms with E-state index in [-0.39, 0.29) is 5.69 Å². The summed E-state index contributed by atoms with van der Waals surface area (Å²) in [4.78, 5) is 17.8. The Balaban J connectivity index is 1.64. The fraction of sp³-hybridized carbons (Fsp3) is 0.133. The van der Waals surface area contributed by atoms with Crippen molar-refractivity contribution in [1.29, 1.82) is 0 Å². The summed E-state index contributed by atoms with van der Waals surface area (Å²) in [5, 5.41) is 12.5. The van der Waals surface area contributed by atoms with Crippen LogP contribution in [-0.4, -0.2) is 20.6 Å². The van der Waals surface area contributed by atoms with Gasteiger partial charge in [0.1, 0.15) is 5.52 Å². The van der Waals surface area contributed by atoms with Crippen molar-refractivity contribution >= 4 is 51.7 Å². The van der Waals surface area contributed by atoms with Crippen LogP contribution in [0.2, 0.25) is 10.0 Å². The van der Waals surface area contributed by atoms with Gasteiger partial charge in [0.15, 0.2) is 5.16 Å². The van der Waals surface area contributed by atoms with E-state index >= 15 is 0 Å². The van der Waals surface area contributed by atoms with Crippen LogP contribution < -0.4 is 0 Å². The number of aryl methyl sites for hydroxylation is 1. The molecule has 0 saturated heterocycles. The molecular formula is C15H11Cl2N3O2S. The van der Waals surface area contributed by atoms with E-state index < -0.39 is 4.92 Å². The maximum atomic E-state index is 10.6. The van der Waals surface area contributed by atoms with Gasteiger partial charge in [0.2, 0.25) is 0 Å². The Hall–Kier alpha value is -1.76. The minimum atomic E-state index is -0.401. The van der Waals surface area contributed by atoms with Gasteiger partial charge in [-0.2, -0.15) is 0 Å². The van der Waals surface area contributed by atoms with Crippen LogP contribution in [0.15, 0.2) is 41.6 Å². The number of imidazole rings is 1.